The van der Waals surface area contributed by atoms with E-state index in [1.54, 1.807) is 18.5 Å². The third kappa shape index (κ3) is 8.51. The summed E-state index contributed by atoms with van der Waals surface area (Å²) in [4.78, 5) is 15.7. The minimum Gasteiger partial charge on any atom is -0.465 e. The van der Waals surface area contributed by atoms with Gasteiger partial charge in [-0.05, 0) is 30.5 Å². The van der Waals surface area contributed by atoms with Crippen molar-refractivity contribution in [2.45, 2.75) is 51.8 Å². The molecule has 1 amide bonds. The van der Waals surface area contributed by atoms with Crippen molar-refractivity contribution in [3.8, 4) is 11.3 Å². The second-order valence-corrected chi connectivity index (χ2v) is 15.0. The zero-order chi connectivity index (χ0) is 24.4. The van der Waals surface area contributed by atoms with Crippen LogP contribution in [0.2, 0.25) is 25.7 Å². The van der Waals surface area contributed by atoms with Gasteiger partial charge in [0, 0.05) is 33.0 Å². The predicted molar refractivity (Wildman–Crippen MR) is 136 cm³/mol. The van der Waals surface area contributed by atoms with Crippen molar-refractivity contribution in [3.63, 3.8) is 0 Å². The lowest BCUT2D eigenvalue weighted by Gasteiger charge is -2.18. The molecule has 0 unspecified atom stereocenters. The Bertz CT molecular complexity index is 938. The third-order valence-corrected chi connectivity index (χ3v) is 6.88. The van der Waals surface area contributed by atoms with E-state index in [0.29, 0.717) is 31.4 Å². The summed E-state index contributed by atoms with van der Waals surface area (Å²) in [5.41, 5.74) is 3.24. The zero-order valence-corrected chi connectivity index (χ0v) is 21.2. The van der Waals surface area contributed by atoms with Gasteiger partial charge in [0.2, 0.25) is 0 Å². The van der Waals surface area contributed by atoms with Crippen molar-refractivity contribution in [1.82, 2.24) is 20.1 Å². The number of anilines is 1. The number of aromatic nitrogens is 3. The molecule has 0 saturated heterocycles. The minimum atomic E-state index is -1.19. The Morgan fingerprint density at radius 3 is 2.76 bits per heavy atom. The average molecular weight is 472 g/mol. The first-order chi connectivity index (χ1) is 15.6. The Hall–Kier alpha value is -2.91. The van der Waals surface area contributed by atoms with Gasteiger partial charge in [0.25, 0.3) is 0 Å². The van der Waals surface area contributed by atoms with Crippen LogP contribution in [0.15, 0.2) is 49.8 Å². The Morgan fingerprint density at radius 2 is 2.12 bits per heavy atom. The smallest absolute Gasteiger partial charge is 0.405 e. The van der Waals surface area contributed by atoms with Crippen LogP contribution in [0.5, 0.6) is 0 Å². The summed E-state index contributed by atoms with van der Waals surface area (Å²) in [5, 5.41) is 19.7. The maximum absolute atomic E-state index is 11.3. The quantitative estimate of drug-likeness (QED) is 0.194. The number of hydrogen-bond acceptors (Lipinski definition) is 5. The minimum absolute atomic E-state index is 0.291. The molecule has 2 heterocycles. The molecule has 0 aromatic carbocycles. The van der Waals surface area contributed by atoms with Gasteiger partial charge in [0.05, 0.1) is 29.3 Å². The highest BCUT2D eigenvalue weighted by Gasteiger charge is 2.19. The van der Waals surface area contributed by atoms with Crippen LogP contribution in [0.1, 0.15) is 25.1 Å². The molecule has 33 heavy (non-hydrogen) atoms. The number of hydrogen-bond donors (Lipinski definition) is 3. The van der Waals surface area contributed by atoms with Gasteiger partial charge in [-0.15, -0.1) is 13.2 Å². The van der Waals surface area contributed by atoms with Gasteiger partial charge in [-0.3, -0.25) is 4.98 Å². The third-order valence-electron chi connectivity index (χ3n) is 5.18. The highest BCUT2D eigenvalue weighted by Crippen LogP contribution is 2.30. The molecule has 0 spiro atoms. The Balaban J connectivity index is 2.35. The van der Waals surface area contributed by atoms with Crippen molar-refractivity contribution in [2.24, 2.45) is 5.92 Å². The van der Waals surface area contributed by atoms with E-state index >= 15 is 0 Å². The van der Waals surface area contributed by atoms with Crippen LogP contribution in [-0.2, 0) is 11.5 Å². The SMILES string of the molecule is C=CC[C@H](NC(=O)O)c1cc(-c2c(NC[C@H](C)C=C)cnn2COCC[Si](C)(C)C)ccn1. The van der Waals surface area contributed by atoms with E-state index in [-0.39, 0.29) is 0 Å². The molecule has 0 fully saturated rings. The van der Waals surface area contributed by atoms with Crippen LogP contribution in [0.4, 0.5) is 10.5 Å². The maximum Gasteiger partial charge on any atom is 0.405 e. The first-order valence-corrected chi connectivity index (χ1v) is 14.9. The van der Waals surface area contributed by atoms with Crippen LogP contribution >= 0.6 is 0 Å². The lowest BCUT2D eigenvalue weighted by Crippen LogP contribution is -2.27. The number of pyridine rings is 1. The molecule has 2 aromatic rings. The molecule has 2 aromatic heterocycles. The summed E-state index contributed by atoms with van der Waals surface area (Å²) in [5.74, 6) is 0.291. The first-order valence-electron chi connectivity index (χ1n) is 11.2. The van der Waals surface area contributed by atoms with Crippen molar-refractivity contribution < 1.29 is 14.6 Å². The maximum atomic E-state index is 11.3. The molecule has 0 saturated carbocycles. The van der Waals surface area contributed by atoms with E-state index in [1.165, 1.54) is 0 Å². The standard InChI is InChI=1S/C24H37N5O3Si/c1-7-9-20(28-24(30)31)21-14-19(10-11-25-21)23-22(26-15-18(3)8-2)16-27-29(23)17-32-12-13-33(4,5)6/h7-8,10-11,14,16,18,20,26,28H,1-2,9,12-13,15,17H2,3-6H3,(H,30,31)/t18-,20+/m1/s1. The first kappa shape index (κ1) is 26.3. The number of carboxylic acid groups (broad SMARTS) is 1. The van der Waals surface area contributed by atoms with Crippen LogP contribution in [0, 0.1) is 5.92 Å². The second kappa shape index (κ2) is 12.4. The molecule has 9 heteroatoms. The van der Waals surface area contributed by atoms with E-state index in [9.17, 15) is 9.90 Å². The van der Waals surface area contributed by atoms with Gasteiger partial charge in [-0.2, -0.15) is 5.10 Å². The molecule has 0 radical (unpaired) electrons. The molecule has 0 aliphatic heterocycles. The van der Waals surface area contributed by atoms with Crippen LogP contribution < -0.4 is 10.6 Å². The molecule has 180 valence electrons. The van der Waals surface area contributed by atoms with Gasteiger partial charge in [-0.1, -0.05) is 38.7 Å². The van der Waals surface area contributed by atoms with Gasteiger partial charge in [0.1, 0.15) is 6.73 Å². The van der Waals surface area contributed by atoms with Crippen molar-refractivity contribution in [1.29, 1.82) is 0 Å². The molecule has 2 rings (SSSR count). The fraction of sp³-hybridized carbons (Fsp3) is 0.458. The highest BCUT2D eigenvalue weighted by atomic mass is 28.3. The molecule has 0 aliphatic rings. The van der Waals surface area contributed by atoms with E-state index < -0.39 is 20.2 Å². The number of rotatable bonds is 14. The number of carbonyl (C=O) groups is 1. The van der Waals surface area contributed by atoms with Gasteiger partial charge < -0.3 is 20.5 Å². The molecular formula is C24H37N5O3Si. The van der Waals surface area contributed by atoms with Crippen LogP contribution in [-0.4, -0.2) is 47.2 Å². The van der Waals surface area contributed by atoms with E-state index in [2.05, 4.69) is 60.4 Å². The van der Waals surface area contributed by atoms with Crippen molar-refractivity contribution >= 4 is 19.9 Å². The Labute approximate surface area is 197 Å². The number of nitrogens with zero attached hydrogens (tertiary/aromatic N) is 3. The summed E-state index contributed by atoms with van der Waals surface area (Å²) in [6, 6.07) is 4.38. The van der Waals surface area contributed by atoms with Crippen LogP contribution in [0.25, 0.3) is 11.3 Å². The largest absolute Gasteiger partial charge is 0.465 e. The lowest BCUT2D eigenvalue weighted by molar-refractivity contribution is 0.0798. The predicted octanol–water partition coefficient (Wildman–Crippen LogP) is 5.38. The second-order valence-electron chi connectivity index (χ2n) is 9.34. The Kier molecular flexibility index (Phi) is 9.87. The van der Waals surface area contributed by atoms with E-state index in [1.807, 2.05) is 22.9 Å². The Morgan fingerprint density at radius 1 is 1.36 bits per heavy atom. The lowest BCUT2D eigenvalue weighted by atomic mass is 10.1. The molecule has 0 bridgehead atoms. The molecule has 8 nitrogen and oxygen atoms in total. The van der Waals surface area contributed by atoms with E-state index in [4.69, 9.17) is 4.74 Å². The number of nitrogens with one attached hydrogen (secondary N) is 2. The van der Waals surface area contributed by atoms with Crippen molar-refractivity contribution in [3.05, 3.63) is 55.5 Å². The molecule has 2 atom stereocenters. The fourth-order valence-corrected chi connectivity index (χ4v) is 3.91. The monoisotopic (exact) mass is 471 g/mol. The van der Waals surface area contributed by atoms with Crippen LogP contribution in [0.3, 0.4) is 0 Å². The zero-order valence-electron chi connectivity index (χ0n) is 20.2. The summed E-state index contributed by atoms with van der Waals surface area (Å²) < 4.78 is 7.79. The van der Waals surface area contributed by atoms with Crippen molar-refractivity contribution in [2.75, 3.05) is 18.5 Å². The normalized spacial score (nSPS) is 13.2. The molecular weight excluding hydrogens is 434 g/mol. The van der Waals surface area contributed by atoms with Gasteiger partial charge in [0.15, 0.2) is 0 Å². The molecule has 0 aliphatic carbocycles. The summed E-state index contributed by atoms with van der Waals surface area (Å²) in [6.07, 6.45) is 6.39. The summed E-state index contributed by atoms with van der Waals surface area (Å²) in [6.45, 7) is 18.4. The van der Waals surface area contributed by atoms with E-state index in [0.717, 1.165) is 29.5 Å². The van der Waals surface area contributed by atoms with Gasteiger partial charge in [-0.25, -0.2) is 9.48 Å². The number of amides is 1. The topological polar surface area (TPSA) is 101 Å². The van der Waals surface area contributed by atoms with Gasteiger partial charge >= 0.3 is 6.09 Å². The summed E-state index contributed by atoms with van der Waals surface area (Å²) in [7, 11) is -1.19. The molecule has 3 N–H and O–H groups in total. The summed E-state index contributed by atoms with van der Waals surface area (Å²) >= 11 is 0. The average Bonchev–Trinajstić information content (AvgIpc) is 3.16. The fourth-order valence-electron chi connectivity index (χ4n) is 3.16. The number of ether oxygens (including phenoxy) is 1. The highest BCUT2D eigenvalue weighted by molar-refractivity contribution is 6.76.